The van der Waals surface area contributed by atoms with E-state index in [1.54, 1.807) is 14.0 Å². The lowest BCUT2D eigenvalue weighted by Gasteiger charge is -2.23. The summed E-state index contributed by atoms with van der Waals surface area (Å²) in [5, 5.41) is 0. The van der Waals surface area contributed by atoms with Gasteiger partial charge < -0.3 is 9.32 Å². The Morgan fingerprint density at radius 3 is 2.67 bits per heavy atom. The smallest absolute Gasteiger partial charge is 0.228 e. The molecule has 1 aromatic carbocycles. The first kappa shape index (κ1) is 16.7. The SMILES string of the molecule is Cc1oc(-c2ccccc2)nc1CC(=O)N(C)C1CCS(=O)(=O)C1. The highest BCUT2D eigenvalue weighted by molar-refractivity contribution is 7.91. The maximum atomic E-state index is 12.5. The average molecular weight is 348 g/mol. The molecule has 1 unspecified atom stereocenters. The van der Waals surface area contributed by atoms with E-state index < -0.39 is 9.84 Å². The van der Waals surface area contributed by atoms with Crippen molar-refractivity contribution in [3.05, 3.63) is 41.8 Å². The lowest BCUT2D eigenvalue weighted by atomic mass is 10.2. The van der Waals surface area contributed by atoms with Crippen LogP contribution in [0.2, 0.25) is 0 Å². The van der Waals surface area contributed by atoms with Crippen molar-refractivity contribution in [1.82, 2.24) is 9.88 Å². The van der Waals surface area contributed by atoms with Crippen LogP contribution in [0, 0.1) is 6.92 Å². The van der Waals surface area contributed by atoms with Crippen molar-refractivity contribution in [2.45, 2.75) is 25.8 Å². The monoisotopic (exact) mass is 348 g/mol. The van der Waals surface area contributed by atoms with E-state index in [9.17, 15) is 13.2 Å². The summed E-state index contributed by atoms with van der Waals surface area (Å²) in [6.45, 7) is 1.78. The summed E-state index contributed by atoms with van der Waals surface area (Å²) in [5.74, 6) is 1.14. The highest BCUT2D eigenvalue weighted by Gasteiger charge is 2.33. The van der Waals surface area contributed by atoms with E-state index in [2.05, 4.69) is 4.98 Å². The Labute approximate surface area is 141 Å². The molecule has 1 saturated heterocycles. The molecule has 1 aromatic heterocycles. The van der Waals surface area contributed by atoms with Gasteiger partial charge in [-0.2, -0.15) is 0 Å². The van der Waals surface area contributed by atoms with Gasteiger partial charge in [0.2, 0.25) is 11.8 Å². The molecule has 1 atom stereocenters. The van der Waals surface area contributed by atoms with Crippen LogP contribution in [0.1, 0.15) is 17.9 Å². The van der Waals surface area contributed by atoms with Gasteiger partial charge in [0.1, 0.15) is 5.76 Å². The van der Waals surface area contributed by atoms with E-state index in [-0.39, 0.29) is 29.9 Å². The average Bonchev–Trinajstić information content (AvgIpc) is 3.10. The summed E-state index contributed by atoms with van der Waals surface area (Å²) in [5.41, 5.74) is 1.45. The van der Waals surface area contributed by atoms with Crippen LogP contribution in [0.15, 0.2) is 34.7 Å². The zero-order chi connectivity index (χ0) is 17.3. The number of amides is 1. The van der Waals surface area contributed by atoms with Gasteiger partial charge in [-0.1, -0.05) is 18.2 Å². The van der Waals surface area contributed by atoms with Crippen LogP contribution in [0.5, 0.6) is 0 Å². The van der Waals surface area contributed by atoms with Crippen molar-refractivity contribution >= 4 is 15.7 Å². The van der Waals surface area contributed by atoms with E-state index in [0.717, 1.165) is 5.56 Å². The number of hydrogen-bond acceptors (Lipinski definition) is 5. The van der Waals surface area contributed by atoms with Crippen molar-refractivity contribution in [2.24, 2.45) is 0 Å². The molecular formula is C17H20N2O4S. The predicted molar refractivity (Wildman–Crippen MR) is 90.2 cm³/mol. The van der Waals surface area contributed by atoms with Crippen LogP contribution < -0.4 is 0 Å². The highest BCUT2D eigenvalue weighted by Crippen LogP contribution is 2.23. The number of hydrogen-bond donors (Lipinski definition) is 0. The van der Waals surface area contributed by atoms with Gasteiger partial charge in [0.15, 0.2) is 9.84 Å². The van der Waals surface area contributed by atoms with Gasteiger partial charge in [0, 0.05) is 18.7 Å². The number of oxazole rings is 1. The molecule has 0 bridgehead atoms. The number of rotatable bonds is 4. The maximum absolute atomic E-state index is 12.5. The molecule has 1 aliphatic heterocycles. The minimum absolute atomic E-state index is 0.0440. The minimum Gasteiger partial charge on any atom is -0.441 e. The molecule has 3 rings (SSSR count). The fraction of sp³-hybridized carbons (Fsp3) is 0.412. The van der Waals surface area contributed by atoms with Crippen molar-refractivity contribution < 1.29 is 17.6 Å². The Balaban J connectivity index is 1.72. The van der Waals surface area contributed by atoms with Crippen LogP contribution in [0.4, 0.5) is 0 Å². The highest BCUT2D eigenvalue weighted by atomic mass is 32.2. The van der Waals surface area contributed by atoms with Gasteiger partial charge in [-0.05, 0) is 25.5 Å². The van der Waals surface area contributed by atoms with Gasteiger partial charge in [-0.25, -0.2) is 13.4 Å². The lowest BCUT2D eigenvalue weighted by molar-refractivity contribution is -0.130. The first-order valence-corrected chi connectivity index (χ1v) is 9.65. The summed E-state index contributed by atoms with van der Waals surface area (Å²) in [6, 6.07) is 9.25. The van der Waals surface area contributed by atoms with Gasteiger partial charge in [-0.15, -0.1) is 0 Å². The molecule has 2 aromatic rings. The number of carbonyl (C=O) groups is 1. The van der Waals surface area contributed by atoms with E-state index in [0.29, 0.717) is 23.8 Å². The maximum Gasteiger partial charge on any atom is 0.228 e. The Bertz CT molecular complexity index is 843. The fourth-order valence-electron chi connectivity index (χ4n) is 2.85. The third kappa shape index (κ3) is 3.51. The number of aromatic nitrogens is 1. The Kier molecular flexibility index (Phi) is 4.45. The van der Waals surface area contributed by atoms with E-state index in [4.69, 9.17) is 4.42 Å². The van der Waals surface area contributed by atoms with E-state index >= 15 is 0 Å². The first-order chi connectivity index (χ1) is 11.4. The molecule has 0 N–H and O–H groups in total. The van der Waals surface area contributed by atoms with Crippen molar-refractivity contribution in [3.8, 4) is 11.5 Å². The molecule has 24 heavy (non-hydrogen) atoms. The molecule has 2 heterocycles. The zero-order valence-corrected chi connectivity index (χ0v) is 14.5. The first-order valence-electron chi connectivity index (χ1n) is 7.83. The second-order valence-corrected chi connectivity index (χ2v) is 8.35. The fourth-order valence-corrected chi connectivity index (χ4v) is 4.62. The quantitative estimate of drug-likeness (QED) is 0.842. The van der Waals surface area contributed by atoms with Crippen molar-refractivity contribution in [2.75, 3.05) is 18.6 Å². The number of likely N-dealkylation sites (N-methyl/N-ethyl adjacent to an activating group) is 1. The number of sulfone groups is 1. The van der Waals surface area contributed by atoms with Crippen LogP contribution in [-0.4, -0.2) is 48.8 Å². The minimum atomic E-state index is -3.01. The second kappa shape index (κ2) is 6.39. The molecule has 1 amide bonds. The summed E-state index contributed by atoms with van der Waals surface area (Å²) in [6.07, 6.45) is 0.604. The number of carbonyl (C=O) groups excluding carboxylic acids is 1. The van der Waals surface area contributed by atoms with E-state index in [1.165, 1.54) is 4.90 Å². The molecule has 1 aliphatic rings. The van der Waals surface area contributed by atoms with Crippen LogP contribution in [0.3, 0.4) is 0 Å². The normalized spacial score (nSPS) is 19.3. The van der Waals surface area contributed by atoms with Gasteiger partial charge in [0.25, 0.3) is 0 Å². The summed E-state index contributed by atoms with van der Waals surface area (Å²) in [7, 11) is -1.36. The molecule has 0 aliphatic carbocycles. The largest absolute Gasteiger partial charge is 0.441 e. The van der Waals surface area contributed by atoms with Crippen LogP contribution in [-0.2, 0) is 21.1 Å². The lowest BCUT2D eigenvalue weighted by Crippen LogP contribution is -2.38. The number of nitrogens with zero attached hydrogens (tertiary/aromatic N) is 2. The van der Waals surface area contributed by atoms with Gasteiger partial charge in [-0.3, -0.25) is 4.79 Å². The number of aryl methyl sites for hydroxylation is 1. The zero-order valence-electron chi connectivity index (χ0n) is 13.7. The molecule has 1 fully saturated rings. The number of benzene rings is 1. The Hall–Kier alpha value is -2.15. The summed E-state index contributed by atoms with van der Waals surface area (Å²) in [4.78, 5) is 18.4. The molecule has 0 radical (unpaired) electrons. The Morgan fingerprint density at radius 1 is 1.33 bits per heavy atom. The molecule has 128 valence electrons. The molecule has 7 heteroatoms. The third-order valence-corrected chi connectivity index (χ3v) is 6.13. The Morgan fingerprint density at radius 2 is 2.04 bits per heavy atom. The van der Waals surface area contributed by atoms with Crippen LogP contribution >= 0.6 is 0 Å². The summed E-state index contributed by atoms with van der Waals surface area (Å²) < 4.78 is 28.8. The third-order valence-electron chi connectivity index (χ3n) is 4.38. The van der Waals surface area contributed by atoms with E-state index in [1.807, 2.05) is 30.3 Å². The molecule has 6 nitrogen and oxygen atoms in total. The topological polar surface area (TPSA) is 80.5 Å². The summed E-state index contributed by atoms with van der Waals surface area (Å²) >= 11 is 0. The molecular weight excluding hydrogens is 328 g/mol. The second-order valence-electron chi connectivity index (χ2n) is 6.13. The van der Waals surface area contributed by atoms with Gasteiger partial charge >= 0.3 is 0 Å². The van der Waals surface area contributed by atoms with Crippen LogP contribution in [0.25, 0.3) is 11.5 Å². The molecule has 0 saturated carbocycles. The standard InChI is InChI=1S/C17H20N2O4S/c1-12-15(18-17(23-12)13-6-4-3-5-7-13)10-16(20)19(2)14-8-9-24(21,22)11-14/h3-7,14H,8-11H2,1-2H3. The van der Waals surface area contributed by atoms with Crippen molar-refractivity contribution in [1.29, 1.82) is 0 Å². The predicted octanol–water partition coefficient (Wildman–Crippen LogP) is 1.84. The molecule has 0 spiro atoms. The van der Waals surface area contributed by atoms with Crippen molar-refractivity contribution in [3.63, 3.8) is 0 Å². The van der Waals surface area contributed by atoms with Gasteiger partial charge in [0.05, 0.1) is 23.6 Å².